The van der Waals surface area contributed by atoms with E-state index >= 15 is 0 Å². The minimum atomic E-state index is -1.46. The number of aliphatic hydroxyl groups is 5. The van der Waals surface area contributed by atoms with Crippen molar-refractivity contribution in [2.24, 2.45) is 0 Å². The summed E-state index contributed by atoms with van der Waals surface area (Å²) in [7, 11) is 0. The highest BCUT2D eigenvalue weighted by atomic mass is 16.7. The first-order chi connectivity index (χ1) is 15.4. The summed E-state index contributed by atoms with van der Waals surface area (Å²) in [5.41, 5.74) is -1.04. The van der Waals surface area contributed by atoms with E-state index in [0.717, 1.165) is 12.8 Å². The Hall–Kier alpha value is -0.400. The van der Waals surface area contributed by atoms with Gasteiger partial charge in [0.2, 0.25) is 0 Å². The van der Waals surface area contributed by atoms with Crippen molar-refractivity contribution in [3.8, 4) is 0 Å². The minimum Gasteiger partial charge on any atom is -0.394 e. The van der Waals surface area contributed by atoms with Crippen molar-refractivity contribution in [2.45, 2.75) is 134 Å². The Bertz CT molecular complexity index is 582. The second kappa shape index (κ2) is 12.0. The van der Waals surface area contributed by atoms with Gasteiger partial charge in [0.15, 0.2) is 12.6 Å². The van der Waals surface area contributed by atoms with E-state index in [-0.39, 0.29) is 13.0 Å². The quantitative estimate of drug-likeness (QED) is 0.282. The van der Waals surface area contributed by atoms with E-state index in [0.29, 0.717) is 6.42 Å². The van der Waals surface area contributed by atoms with E-state index in [4.69, 9.17) is 23.7 Å². The summed E-state index contributed by atoms with van der Waals surface area (Å²) in [6, 6.07) is 0. The Labute approximate surface area is 196 Å². The van der Waals surface area contributed by atoms with Gasteiger partial charge in [0.05, 0.1) is 30.5 Å². The molecule has 0 bridgehead atoms. The molecule has 0 aromatic heterocycles. The molecule has 2 saturated heterocycles. The highest BCUT2D eigenvalue weighted by Gasteiger charge is 2.50. The molecular weight excluding hydrogens is 436 g/mol. The molecule has 2 heterocycles. The van der Waals surface area contributed by atoms with E-state index in [1.54, 1.807) is 0 Å². The van der Waals surface area contributed by atoms with Crippen LogP contribution in [0.2, 0.25) is 0 Å². The molecule has 0 aromatic rings. The fraction of sp³-hybridized carbons (Fsp3) is 1.00. The molecule has 2 rings (SSSR count). The zero-order chi connectivity index (χ0) is 25.0. The Morgan fingerprint density at radius 1 is 0.788 bits per heavy atom. The molecule has 0 amide bonds. The normalized spacial score (nSPS) is 38.5. The molecule has 10 heteroatoms. The van der Waals surface area contributed by atoms with E-state index in [2.05, 4.69) is 0 Å². The molecule has 0 aliphatic carbocycles. The third-order valence-corrected chi connectivity index (χ3v) is 7.02. The molecule has 0 spiro atoms. The smallest absolute Gasteiger partial charge is 0.187 e. The lowest BCUT2D eigenvalue weighted by atomic mass is 9.96. The molecule has 5 N–H and O–H groups in total. The summed E-state index contributed by atoms with van der Waals surface area (Å²) in [5.74, 6) is 0. The first-order valence-electron chi connectivity index (χ1n) is 12.0. The van der Waals surface area contributed by atoms with Gasteiger partial charge in [0.25, 0.3) is 0 Å². The van der Waals surface area contributed by atoms with E-state index in [1.165, 1.54) is 0 Å². The van der Waals surface area contributed by atoms with Crippen LogP contribution in [0, 0.1) is 0 Å². The van der Waals surface area contributed by atoms with Gasteiger partial charge >= 0.3 is 0 Å². The van der Waals surface area contributed by atoms with Crippen molar-refractivity contribution < 1.29 is 49.2 Å². The van der Waals surface area contributed by atoms with Crippen LogP contribution in [0.3, 0.4) is 0 Å². The van der Waals surface area contributed by atoms with Crippen molar-refractivity contribution in [3.05, 3.63) is 0 Å². The molecule has 10 nitrogen and oxygen atoms in total. The Morgan fingerprint density at radius 2 is 1.36 bits per heavy atom. The average Bonchev–Trinajstić information content (AvgIpc) is 2.79. The number of aliphatic hydroxyl groups excluding tert-OH is 5. The third kappa shape index (κ3) is 7.07. The zero-order valence-electron chi connectivity index (χ0n) is 20.7. The van der Waals surface area contributed by atoms with Gasteiger partial charge in [0, 0.05) is 6.42 Å². The van der Waals surface area contributed by atoms with Crippen molar-refractivity contribution in [2.75, 3.05) is 13.2 Å². The van der Waals surface area contributed by atoms with Crippen molar-refractivity contribution in [1.82, 2.24) is 0 Å². The van der Waals surface area contributed by atoms with Crippen LogP contribution in [0.15, 0.2) is 0 Å². The third-order valence-electron chi connectivity index (χ3n) is 7.02. The Kier molecular flexibility index (Phi) is 10.5. The van der Waals surface area contributed by atoms with Crippen molar-refractivity contribution in [3.63, 3.8) is 0 Å². The first kappa shape index (κ1) is 28.8. The van der Waals surface area contributed by atoms with Gasteiger partial charge in [-0.05, 0) is 40.0 Å². The summed E-state index contributed by atoms with van der Waals surface area (Å²) in [6.45, 7) is 10.7. The fourth-order valence-corrected chi connectivity index (χ4v) is 3.91. The lowest BCUT2D eigenvalue weighted by Gasteiger charge is -2.47. The summed E-state index contributed by atoms with van der Waals surface area (Å²) in [6.07, 6.45) is -7.61. The predicted octanol–water partition coefficient (Wildman–Crippen LogP) is 0.448. The standard InChI is InChI=1S/C23H44O10/c1-7-22(4,5)33-21-18(28)17(27)19(16(12-25)30-21)31-20-13(26)10-14(15(11-24)29-20)32-23(6,8-2)9-3/h13-21,24-28H,7-12H2,1-6H3/t13-,14?,15?,16?,17?,18?,19?,20?,21?/m0/s1. The highest BCUT2D eigenvalue weighted by Crippen LogP contribution is 2.33. The van der Waals surface area contributed by atoms with Gasteiger partial charge in [0.1, 0.15) is 36.6 Å². The molecule has 0 aromatic carbocycles. The van der Waals surface area contributed by atoms with Gasteiger partial charge in [-0.2, -0.15) is 0 Å². The van der Waals surface area contributed by atoms with Gasteiger partial charge in [-0.25, -0.2) is 0 Å². The largest absolute Gasteiger partial charge is 0.394 e. The maximum atomic E-state index is 10.7. The number of hydrogen-bond donors (Lipinski definition) is 5. The van der Waals surface area contributed by atoms with Gasteiger partial charge in [-0.1, -0.05) is 20.8 Å². The number of hydrogen-bond acceptors (Lipinski definition) is 10. The van der Waals surface area contributed by atoms with Crippen LogP contribution < -0.4 is 0 Å². The van der Waals surface area contributed by atoms with Gasteiger partial charge in [-0.3, -0.25) is 0 Å². The van der Waals surface area contributed by atoms with Crippen LogP contribution in [-0.4, -0.2) is 105 Å². The maximum Gasteiger partial charge on any atom is 0.187 e. The molecule has 2 aliphatic rings. The molecule has 9 atom stereocenters. The van der Waals surface area contributed by atoms with Crippen molar-refractivity contribution >= 4 is 0 Å². The lowest BCUT2D eigenvalue weighted by Crippen LogP contribution is -2.63. The Balaban J connectivity index is 2.09. The Morgan fingerprint density at radius 3 is 1.88 bits per heavy atom. The van der Waals surface area contributed by atoms with Crippen LogP contribution in [0.25, 0.3) is 0 Å². The van der Waals surface area contributed by atoms with Crippen molar-refractivity contribution in [1.29, 1.82) is 0 Å². The zero-order valence-corrected chi connectivity index (χ0v) is 20.7. The molecule has 33 heavy (non-hydrogen) atoms. The first-order valence-corrected chi connectivity index (χ1v) is 12.0. The highest BCUT2D eigenvalue weighted by molar-refractivity contribution is 4.93. The van der Waals surface area contributed by atoms with Crippen LogP contribution in [0.4, 0.5) is 0 Å². The van der Waals surface area contributed by atoms with Crippen LogP contribution >= 0.6 is 0 Å². The fourth-order valence-electron chi connectivity index (χ4n) is 3.91. The molecule has 196 valence electrons. The van der Waals surface area contributed by atoms with E-state index < -0.39 is 73.1 Å². The number of rotatable bonds is 11. The molecule has 0 saturated carbocycles. The summed E-state index contributed by atoms with van der Waals surface area (Å²) in [4.78, 5) is 0. The molecule has 2 aliphatic heterocycles. The second-order valence-electron chi connectivity index (χ2n) is 9.88. The van der Waals surface area contributed by atoms with Crippen LogP contribution in [-0.2, 0) is 23.7 Å². The summed E-state index contributed by atoms with van der Waals surface area (Å²) in [5, 5.41) is 51.7. The molecule has 0 radical (unpaired) electrons. The summed E-state index contributed by atoms with van der Waals surface area (Å²) >= 11 is 0. The molecule has 8 unspecified atom stereocenters. The van der Waals surface area contributed by atoms with E-state index in [1.807, 2.05) is 41.5 Å². The van der Waals surface area contributed by atoms with E-state index in [9.17, 15) is 25.5 Å². The number of ether oxygens (including phenoxy) is 5. The minimum absolute atomic E-state index is 0.151. The second-order valence-corrected chi connectivity index (χ2v) is 9.88. The maximum absolute atomic E-state index is 10.7. The average molecular weight is 481 g/mol. The predicted molar refractivity (Wildman–Crippen MR) is 118 cm³/mol. The molecule has 2 fully saturated rings. The SMILES string of the molecule is CCC(C)(C)OC1OC(CO)C(OC2OC(CO)C(OC(C)(CC)CC)C[C@@H]2O)C(O)C1O. The monoisotopic (exact) mass is 480 g/mol. The topological polar surface area (TPSA) is 147 Å². The molecular formula is C23H44O10. The van der Waals surface area contributed by atoms with Crippen LogP contribution in [0.5, 0.6) is 0 Å². The van der Waals surface area contributed by atoms with Gasteiger partial charge < -0.3 is 49.2 Å². The van der Waals surface area contributed by atoms with Gasteiger partial charge in [-0.15, -0.1) is 0 Å². The summed E-state index contributed by atoms with van der Waals surface area (Å²) < 4.78 is 29.3. The van der Waals surface area contributed by atoms with Crippen LogP contribution in [0.1, 0.15) is 67.2 Å². The lowest BCUT2D eigenvalue weighted by molar-refractivity contribution is -0.362.